The standard InChI is InChI=1S/C26H41F3N6O2/c1-16(2)35-11-7-17(15-35)33(4)20-6-5-8-26(28,29)21(20)30-24(36)34-12-9-25(3,10-13-34)23-31-22(37-32-23)18-14-19(18)27/h16-21H,5-15H2,1-4H3,(H,30,36)/t17-,18-,19+,20+,21-/m1/s1. The van der Waals surface area contributed by atoms with Crippen molar-refractivity contribution < 1.29 is 22.5 Å². The van der Waals surface area contributed by atoms with Gasteiger partial charge in [-0.25, -0.2) is 18.0 Å². The summed E-state index contributed by atoms with van der Waals surface area (Å²) in [6, 6.07) is -1.42. The highest BCUT2D eigenvalue weighted by atomic mass is 19.3. The van der Waals surface area contributed by atoms with E-state index in [1.165, 1.54) is 0 Å². The number of hydrogen-bond acceptors (Lipinski definition) is 6. The highest BCUT2D eigenvalue weighted by molar-refractivity contribution is 5.75. The van der Waals surface area contributed by atoms with Gasteiger partial charge in [-0.3, -0.25) is 9.80 Å². The Kier molecular flexibility index (Phi) is 7.23. The summed E-state index contributed by atoms with van der Waals surface area (Å²) in [5.41, 5.74) is -0.401. The van der Waals surface area contributed by atoms with Crippen LogP contribution in [0.4, 0.5) is 18.0 Å². The van der Waals surface area contributed by atoms with Crippen molar-refractivity contribution in [3.8, 4) is 0 Å². The SMILES string of the molecule is CC(C)N1CC[C@@H](N(C)[C@H]2CCCC(F)(F)[C@@H]2NC(=O)N2CCC(C)(c3noc([C@@H]4C[C@@H]4F)n3)CC2)C1. The number of amides is 2. The summed E-state index contributed by atoms with van der Waals surface area (Å²) >= 11 is 0. The lowest BCUT2D eigenvalue weighted by Gasteiger charge is -2.45. The van der Waals surface area contributed by atoms with E-state index in [0.29, 0.717) is 63.0 Å². The van der Waals surface area contributed by atoms with E-state index >= 15 is 8.78 Å². The molecule has 11 heteroatoms. The average molecular weight is 527 g/mol. The van der Waals surface area contributed by atoms with Gasteiger partial charge in [0.1, 0.15) is 12.2 Å². The van der Waals surface area contributed by atoms with E-state index in [-0.39, 0.29) is 18.4 Å². The summed E-state index contributed by atoms with van der Waals surface area (Å²) in [6.07, 6.45) is 2.53. The van der Waals surface area contributed by atoms with Gasteiger partial charge in [-0.1, -0.05) is 12.1 Å². The monoisotopic (exact) mass is 526 g/mol. The zero-order chi connectivity index (χ0) is 26.5. The molecule has 4 aliphatic rings. The minimum Gasteiger partial charge on any atom is -0.339 e. The zero-order valence-electron chi connectivity index (χ0n) is 22.4. The molecule has 4 fully saturated rings. The maximum atomic E-state index is 15.2. The van der Waals surface area contributed by atoms with E-state index < -0.39 is 35.6 Å². The van der Waals surface area contributed by atoms with Gasteiger partial charge in [0.2, 0.25) is 5.89 Å². The number of likely N-dealkylation sites (N-methyl/N-ethyl adjacent to an activating group) is 1. The van der Waals surface area contributed by atoms with Gasteiger partial charge in [0.25, 0.3) is 5.92 Å². The molecule has 37 heavy (non-hydrogen) atoms. The number of piperidine rings is 1. The lowest BCUT2D eigenvalue weighted by molar-refractivity contribution is -0.0933. The molecule has 5 atom stereocenters. The summed E-state index contributed by atoms with van der Waals surface area (Å²) in [6.45, 7) is 8.99. The number of aromatic nitrogens is 2. The number of carbonyl (C=O) groups is 1. The Morgan fingerprint density at radius 1 is 1.19 bits per heavy atom. The molecular weight excluding hydrogens is 485 g/mol. The predicted molar refractivity (Wildman–Crippen MR) is 132 cm³/mol. The fourth-order valence-electron chi connectivity index (χ4n) is 6.33. The maximum absolute atomic E-state index is 15.2. The van der Waals surface area contributed by atoms with E-state index in [1.807, 2.05) is 14.0 Å². The Balaban J connectivity index is 1.21. The van der Waals surface area contributed by atoms with Crippen LogP contribution in [0.3, 0.4) is 0 Å². The van der Waals surface area contributed by atoms with Gasteiger partial charge >= 0.3 is 6.03 Å². The summed E-state index contributed by atoms with van der Waals surface area (Å²) < 4.78 is 49.1. The number of rotatable bonds is 6. The normalized spacial score (nSPS) is 33.8. The highest BCUT2D eigenvalue weighted by Gasteiger charge is 2.51. The molecule has 0 bridgehead atoms. The molecule has 3 heterocycles. The molecule has 2 saturated heterocycles. The molecule has 8 nitrogen and oxygen atoms in total. The van der Waals surface area contributed by atoms with Gasteiger partial charge in [-0.05, 0) is 59.4 Å². The first-order valence-electron chi connectivity index (χ1n) is 13.9. The van der Waals surface area contributed by atoms with Crippen molar-refractivity contribution in [1.82, 2.24) is 30.2 Å². The Morgan fingerprint density at radius 3 is 2.51 bits per heavy atom. The number of nitrogens with zero attached hydrogens (tertiary/aromatic N) is 5. The fourth-order valence-corrected chi connectivity index (χ4v) is 6.33. The van der Waals surface area contributed by atoms with E-state index in [1.54, 1.807) is 4.90 Å². The molecule has 0 spiro atoms. The summed E-state index contributed by atoms with van der Waals surface area (Å²) in [7, 11) is 1.94. The Bertz CT molecular complexity index is 966. The number of hydrogen-bond donors (Lipinski definition) is 1. The Morgan fingerprint density at radius 2 is 1.89 bits per heavy atom. The minimum absolute atomic E-state index is 0.204. The first-order valence-corrected chi connectivity index (χ1v) is 13.9. The van der Waals surface area contributed by atoms with Crippen LogP contribution in [-0.2, 0) is 5.41 Å². The summed E-state index contributed by atoms with van der Waals surface area (Å²) in [4.78, 5) is 23.8. The predicted octanol–water partition coefficient (Wildman–Crippen LogP) is 3.93. The Hall–Kier alpha value is -1.88. The van der Waals surface area contributed by atoms with Crippen LogP contribution in [0, 0.1) is 0 Å². The number of alkyl halides is 3. The lowest BCUT2D eigenvalue weighted by Crippen LogP contribution is -2.64. The molecule has 0 unspecified atom stereocenters. The smallest absolute Gasteiger partial charge is 0.317 e. The number of carbonyl (C=O) groups excluding carboxylic acids is 1. The van der Waals surface area contributed by atoms with Crippen LogP contribution >= 0.6 is 0 Å². The topological polar surface area (TPSA) is 77.7 Å². The fraction of sp³-hybridized carbons (Fsp3) is 0.885. The quantitative estimate of drug-likeness (QED) is 0.605. The number of halogens is 3. The van der Waals surface area contributed by atoms with Gasteiger partial charge in [-0.2, -0.15) is 4.98 Å². The molecule has 1 N–H and O–H groups in total. The van der Waals surface area contributed by atoms with Crippen LogP contribution in [-0.4, -0.2) is 100 Å². The second-order valence-corrected chi connectivity index (χ2v) is 12.2. The van der Waals surface area contributed by atoms with Crippen LogP contribution in [0.5, 0.6) is 0 Å². The van der Waals surface area contributed by atoms with Gasteiger partial charge in [0, 0.05) is 56.1 Å². The molecular formula is C26H41F3N6O2. The van der Waals surface area contributed by atoms with Crippen LogP contribution in [0.25, 0.3) is 0 Å². The molecule has 2 amide bonds. The van der Waals surface area contributed by atoms with Crippen molar-refractivity contribution in [1.29, 1.82) is 0 Å². The number of likely N-dealkylation sites (tertiary alicyclic amines) is 2. The minimum atomic E-state index is -2.95. The van der Waals surface area contributed by atoms with Crippen molar-refractivity contribution in [3.05, 3.63) is 11.7 Å². The second-order valence-electron chi connectivity index (χ2n) is 12.2. The van der Waals surface area contributed by atoms with Crippen LogP contribution in [0.1, 0.15) is 83.3 Å². The molecule has 5 rings (SSSR count). The molecule has 1 aromatic heterocycles. The molecule has 2 aliphatic heterocycles. The number of urea groups is 1. The average Bonchev–Trinajstić information content (AvgIpc) is 3.25. The van der Waals surface area contributed by atoms with E-state index in [9.17, 15) is 9.18 Å². The first-order chi connectivity index (χ1) is 17.5. The van der Waals surface area contributed by atoms with E-state index in [2.05, 4.69) is 39.1 Å². The van der Waals surface area contributed by atoms with Crippen molar-refractivity contribution in [2.24, 2.45) is 0 Å². The van der Waals surface area contributed by atoms with Crippen molar-refractivity contribution in [2.45, 2.75) is 113 Å². The third kappa shape index (κ3) is 5.35. The maximum Gasteiger partial charge on any atom is 0.317 e. The van der Waals surface area contributed by atoms with Crippen molar-refractivity contribution in [2.75, 3.05) is 33.2 Å². The van der Waals surface area contributed by atoms with Crippen molar-refractivity contribution >= 4 is 6.03 Å². The van der Waals surface area contributed by atoms with E-state index in [0.717, 1.165) is 19.5 Å². The van der Waals surface area contributed by atoms with Crippen LogP contribution in [0.15, 0.2) is 4.52 Å². The van der Waals surface area contributed by atoms with E-state index in [4.69, 9.17) is 4.52 Å². The molecule has 2 saturated carbocycles. The molecule has 1 aromatic rings. The summed E-state index contributed by atoms with van der Waals surface area (Å²) in [5.74, 6) is -2.37. The van der Waals surface area contributed by atoms with Crippen LogP contribution < -0.4 is 5.32 Å². The largest absolute Gasteiger partial charge is 0.339 e. The third-order valence-corrected chi connectivity index (χ3v) is 9.32. The molecule has 0 radical (unpaired) electrons. The lowest BCUT2D eigenvalue weighted by atomic mass is 9.79. The summed E-state index contributed by atoms with van der Waals surface area (Å²) in [5, 5.41) is 6.85. The second kappa shape index (κ2) is 10.0. The first kappa shape index (κ1) is 26.7. The molecule has 208 valence electrons. The third-order valence-electron chi connectivity index (χ3n) is 9.32. The van der Waals surface area contributed by atoms with Gasteiger partial charge in [0.05, 0.1) is 5.92 Å². The highest BCUT2D eigenvalue weighted by Crippen LogP contribution is 2.44. The molecule has 2 aliphatic carbocycles. The molecule has 0 aromatic carbocycles. The van der Waals surface area contributed by atoms with Gasteiger partial charge < -0.3 is 14.7 Å². The van der Waals surface area contributed by atoms with Crippen LogP contribution in [0.2, 0.25) is 0 Å². The Labute approximate surface area is 217 Å². The zero-order valence-corrected chi connectivity index (χ0v) is 22.4. The van der Waals surface area contributed by atoms with Crippen molar-refractivity contribution in [3.63, 3.8) is 0 Å². The van der Waals surface area contributed by atoms with Gasteiger partial charge in [-0.15, -0.1) is 0 Å². The number of nitrogens with one attached hydrogen (secondary N) is 1. The van der Waals surface area contributed by atoms with Gasteiger partial charge in [0.15, 0.2) is 5.82 Å².